The zero-order valence-electron chi connectivity index (χ0n) is 13.9. The summed E-state index contributed by atoms with van der Waals surface area (Å²) in [5, 5.41) is 11.9. The molecule has 0 aromatic heterocycles. The van der Waals surface area contributed by atoms with Gasteiger partial charge in [0.05, 0.1) is 32.4 Å². The van der Waals surface area contributed by atoms with E-state index in [1.165, 1.54) is 0 Å². The van der Waals surface area contributed by atoms with Crippen LogP contribution >= 0.6 is 0 Å². The molecule has 0 aromatic rings. The third-order valence-electron chi connectivity index (χ3n) is 3.97. The molecule has 124 valence electrons. The first-order chi connectivity index (χ1) is 10.3. The second-order valence-electron chi connectivity index (χ2n) is 6.18. The van der Waals surface area contributed by atoms with Crippen LogP contribution in [0.15, 0.2) is 0 Å². The highest BCUT2D eigenvalue weighted by molar-refractivity contribution is 5.81. The number of hydrogen-bond donors (Lipinski definition) is 1. The van der Waals surface area contributed by atoms with Crippen LogP contribution in [0.1, 0.15) is 20.8 Å². The SMILES string of the molecule is CC(C)C(C)(C#N)NC(=O)CN(C)CC(=O)N1CCOCC1. The number of amides is 2. The summed E-state index contributed by atoms with van der Waals surface area (Å²) >= 11 is 0. The Morgan fingerprint density at radius 1 is 1.36 bits per heavy atom. The van der Waals surface area contributed by atoms with E-state index >= 15 is 0 Å². The fourth-order valence-electron chi connectivity index (χ4n) is 2.08. The van der Waals surface area contributed by atoms with E-state index in [0.717, 1.165) is 0 Å². The highest BCUT2D eigenvalue weighted by Gasteiger charge is 2.30. The fourth-order valence-corrected chi connectivity index (χ4v) is 2.08. The van der Waals surface area contributed by atoms with Gasteiger partial charge in [-0.25, -0.2) is 0 Å². The standard InChI is InChI=1S/C15H26N4O3/c1-12(2)15(3,11-16)17-13(20)9-18(4)10-14(21)19-5-7-22-8-6-19/h12H,5-10H2,1-4H3,(H,17,20). The largest absolute Gasteiger partial charge is 0.378 e. The molecule has 1 aliphatic heterocycles. The van der Waals surface area contributed by atoms with Gasteiger partial charge in [0.2, 0.25) is 11.8 Å². The van der Waals surface area contributed by atoms with Gasteiger partial charge < -0.3 is 15.0 Å². The van der Waals surface area contributed by atoms with E-state index in [4.69, 9.17) is 4.74 Å². The zero-order chi connectivity index (χ0) is 16.8. The average molecular weight is 310 g/mol. The van der Waals surface area contributed by atoms with Gasteiger partial charge in [0, 0.05) is 13.1 Å². The number of carbonyl (C=O) groups excluding carboxylic acids is 2. The number of rotatable bonds is 6. The van der Waals surface area contributed by atoms with Gasteiger partial charge in [-0.1, -0.05) is 13.8 Å². The smallest absolute Gasteiger partial charge is 0.236 e. The van der Waals surface area contributed by atoms with Crippen LogP contribution in [0, 0.1) is 17.2 Å². The molecule has 1 atom stereocenters. The van der Waals surface area contributed by atoms with Gasteiger partial charge in [-0.2, -0.15) is 5.26 Å². The molecule has 1 fully saturated rings. The Balaban J connectivity index is 2.44. The third-order valence-corrected chi connectivity index (χ3v) is 3.97. The fraction of sp³-hybridized carbons (Fsp3) is 0.800. The number of likely N-dealkylation sites (N-methyl/N-ethyl adjacent to an activating group) is 1. The summed E-state index contributed by atoms with van der Waals surface area (Å²) in [6.45, 7) is 8.05. The maximum atomic E-state index is 12.1. The maximum absolute atomic E-state index is 12.1. The lowest BCUT2D eigenvalue weighted by molar-refractivity contribution is -0.136. The number of carbonyl (C=O) groups is 2. The average Bonchev–Trinajstić information content (AvgIpc) is 2.47. The van der Waals surface area contributed by atoms with Crippen molar-refractivity contribution in [2.75, 3.05) is 46.4 Å². The Morgan fingerprint density at radius 3 is 2.45 bits per heavy atom. The van der Waals surface area contributed by atoms with Crippen LogP contribution in [0.5, 0.6) is 0 Å². The van der Waals surface area contributed by atoms with E-state index in [0.29, 0.717) is 26.3 Å². The van der Waals surface area contributed by atoms with Gasteiger partial charge in [-0.3, -0.25) is 14.5 Å². The summed E-state index contributed by atoms with van der Waals surface area (Å²) in [4.78, 5) is 27.5. The lowest BCUT2D eigenvalue weighted by Gasteiger charge is -2.30. The second kappa shape index (κ2) is 8.11. The first-order valence-corrected chi connectivity index (χ1v) is 7.55. The highest BCUT2D eigenvalue weighted by Crippen LogP contribution is 2.14. The molecular weight excluding hydrogens is 284 g/mol. The molecule has 0 saturated carbocycles. The minimum absolute atomic E-state index is 0.00161. The van der Waals surface area contributed by atoms with Crippen molar-refractivity contribution >= 4 is 11.8 Å². The zero-order valence-corrected chi connectivity index (χ0v) is 13.9. The Labute approximate surface area is 132 Å². The molecule has 1 rings (SSSR count). The number of hydrogen-bond acceptors (Lipinski definition) is 5. The maximum Gasteiger partial charge on any atom is 0.236 e. The molecule has 7 nitrogen and oxygen atoms in total. The minimum Gasteiger partial charge on any atom is -0.378 e. The van der Waals surface area contributed by atoms with Crippen molar-refractivity contribution in [2.45, 2.75) is 26.3 Å². The highest BCUT2D eigenvalue weighted by atomic mass is 16.5. The number of morpholine rings is 1. The van der Waals surface area contributed by atoms with Crippen molar-refractivity contribution in [1.29, 1.82) is 5.26 Å². The molecule has 0 aromatic carbocycles. The predicted octanol–water partition coefficient (Wildman–Crippen LogP) is -0.169. The van der Waals surface area contributed by atoms with Crippen LogP contribution in [-0.2, 0) is 14.3 Å². The molecule has 7 heteroatoms. The molecule has 1 heterocycles. The number of nitrogens with one attached hydrogen (secondary N) is 1. The van der Waals surface area contributed by atoms with Gasteiger partial charge in [-0.15, -0.1) is 0 Å². The molecule has 1 unspecified atom stereocenters. The van der Waals surface area contributed by atoms with Crippen molar-refractivity contribution in [2.24, 2.45) is 5.92 Å². The number of nitriles is 1. The summed E-state index contributed by atoms with van der Waals surface area (Å²) in [5.41, 5.74) is -0.897. The quantitative estimate of drug-likeness (QED) is 0.736. The number of ether oxygens (including phenoxy) is 1. The summed E-state index contributed by atoms with van der Waals surface area (Å²) in [6.07, 6.45) is 0. The molecule has 2 amide bonds. The van der Waals surface area contributed by atoms with Crippen LogP contribution in [0.2, 0.25) is 0 Å². The molecule has 0 spiro atoms. The van der Waals surface area contributed by atoms with Gasteiger partial charge in [-0.05, 0) is 19.9 Å². The van der Waals surface area contributed by atoms with E-state index in [1.54, 1.807) is 23.8 Å². The normalized spacial score (nSPS) is 18.0. The molecule has 1 aliphatic rings. The summed E-state index contributed by atoms with van der Waals surface area (Å²) in [6, 6.07) is 2.13. The first-order valence-electron chi connectivity index (χ1n) is 7.55. The Kier molecular flexibility index (Phi) is 6.78. The van der Waals surface area contributed by atoms with Gasteiger partial charge >= 0.3 is 0 Å². The van der Waals surface area contributed by atoms with Crippen molar-refractivity contribution < 1.29 is 14.3 Å². The van der Waals surface area contributed by atoms with Gasteiger partial charge in [0.25, 0.3) is 0 Å². The molecule has 0 aliphatic carbocycles. The van der Waals surface area contributed by atoms with Crippen LogP contribution in [0.3, 0.4) is 0 Å². The molecule has 0 radical (unpaired) electrons. The van der Waals surface area contributed by atoms with E-state index in [2.05, 4.69) is 11.4 Å². The van der Waals surface area contributed by atoms with Crippen LogP contribution in [-0.4, -0.2) is 73.6 Å². The van der Waals surface area contributed by atoms with Crippen molar-refractivity contribution in [3.8, 4) is 6.07 Å². The third kappa shape index (κ3) is 5.28. The Bertz CT molecular complexity index is 441. The predicted molar refractivity (Wildman–Crippen MR) is 81.9 cm³/mol. The summed E-state index contributed by atoms with van der Waals surface area (Å²) in [5.74, 6) is -0.262. The Hall–Kier alpha value is -1.65. The van der Waals surface area contributed by atoms with E-state index in [1.807, 2.05) is 13.8 Å². The van der Waals surface area contributed by atoms with Crippen molar-refractivity contribution in [3.63, 3.8) is 0 Å². The van der Waals surface area contributed by atoms with Crippen LogP contribution in [0.25, 0.3) is 0 Å². The van der Waals surface area contributed by atoms with Crippen molar-refractivity contribution in [3.05, 3.63) is 0 Å². The van der Waals surface area contributed by atoms with E-state index in [9.17, 15) is 14.9 Å². The molecule has 0 bridgehead atoms. The summed E-state index contributed by atoms with van der Waals surface area (Å²) in [7, 11) is 1.72. The van der Waals surface area contributed by atoms with E-state index in [-0.39, 0.29) is 30.8 Å². The lowest BCUT2D eigenvalue weighted by Crippen LogP contribution is -2.52. The summed E-state index contributed by atoms with van der Waals surface area (Å²) < 4.78 is 5.21. The molecule has 1 saturated heterocycles. The monoisotopic (exact) mass is 310 g/mol. The van der Waals surface area contributed by atoms with Gasteiger partial charge in [0.1, 0.15) is 5.54 Å². The van der Waals surface area contributed by atoms with Crippen LogP contribution in [0.4, 0.5) is 0 Å². The molecule has 22 heavy (non-hydrogen) atoms. The van der Waals surface area contributed by atoms with Gasteiger partial charge in [0.15, 0.2) is 0 Å². The number of nitrogens with zero attached hydrogens (tertiary/aromatic N) is 3. The lowest BCUT2D eigenvalue weighted by atomic mass is 9.90. The van der Waals surface area contributed by atoms with E-state index < -0.39 is 5.54 Å². The van der Waals surface area contributed by atoms with Crippen molar-refractivity contribution in [1.82, 2.24) is 15.1 Å². The molecular formula is C15H26N4O3. The second-order valence-corrected chi connectivity index (χ2v) is 6.18. The topological polar surface area (TPSA) is 85.7 Å². The molecule has 1 N–H and O–H groups in total. The minimum atomic E-state index is -0.897. The first kappa shape index (κ1) is 18.4. The Morgan fingerprint density at radius 2 is 1.95 bits per heavy atom. The van der Waals surface area contributed by atoms with Crippen LogP contribution < -0.4 is 5.32 Å².